The standard InChI is InChI=1S/C15H14BrNO2S/c1-18-11-6-7-14(13(16)8-11)19-9-10-4-2-3-5-12(10)15(17)20/h2-8H,9H2,1H3,(H2,17,20). The molecule has 0 saturated heterocycles. The Hall–Kier alpha value is -1.59. The predicted molar refractivity (Wildman–Crippen MR) is 87.4 cm³/mol. The van der Waals surface area contributed by atoms with E-state index in [2.05, 4.69) is 15.9 Å². The molecular formula is C15H14BrNO2S. The van der Waals surface area contributed by atoms with Gasteiger partial charge in [-0.1, -0.05) is 36.5 Å². The normalized spacial score (nSPS) is 10.1. The summed E-state index contributed by atoms with van der Waals surface area (Å²) in [5.74, 6) is 1.51. The maximum atomic E-state index is 5.80. The van der Waals surface area contributed by atoms with Crippen molar-refractivity contribution < 1.29 is 9.47 Å². The molecule has 104 valence electrons. The smallest absolute Gasteiger partial charge is 0.134 e. The Balaban J connectivity index is 2.15. The summed E-state index contributed by atoms with van der Waals surface area (Å²) in [5.41, 5.74) is 7.50. The molecule has 2 rings (SSSR count). The summed E-state index contributed by atoms with van der Waals surface area (Å²) < 4.78 is 11.8. The molecule has 20 heavy (non-hydrogen) atoms. The van der Waals surface area contributed by atoms with Crippen molar-refractivity contribution in [1.82, 2.24) is 0 Å². The first-order chi connectivity index (χ1) is 9.61. The van der Waals surface area contributed by atoms with Crippen LogP contribution >= 0.6 is 28.1 Å². The molecule has 0 aliphatic heterocycles. The Morgan fingerprint density at radius 2 is 2.00 bits per heavy atom. The third kappa shape index (κ3) is 3.49. The van der Waals surface area contributed by atoms with Gasteiger partial charge >= 0.3 is 0 Å². The highest BCUT2D eigenvalue weighted by Gasteiger charge is 2.07. The van der Waals surface area contributed by atoms with Crippen molar-refractivity contribution >= 4 is 33.1 Å². The first-order valence-electron chi connectivity index (χ1n) is 5.96. The van der Waals surface area contributed by atoms with E-state index < -0.39 is 0 Å². The molecule has 0 aromatic heterocycles. The average molecular weight is 352 g/mol. The van der Waals surface area contributed by atoms with Crippen molar-refractivity contribution in [1.29, 1.82) is 0 Å². The molecule has 0 atom stereocenters. The number of methoxy groups -OCH3 is 1. The second-order valence-electron chi connectivity index (χ2n) is 4.11. The van der Waals surface area contributed by atoms with E-state index in [4.69, 9.17) is 27.4 Å². The van der Waals surface area contributed by atoms with Crippen LogP contribution in [0.5, 0.6) is 11.5 Å². The average Bonchev–Trinajstić information content (AvgIpc) is 2.46. The minimum Gasteiger partial charge on any atom is -0.497 e. The quantitative estimate of drug-likeness (QED) is 0.834. The van der Waals surface area contributed by atoms with E-state index in [1.165, 1.54) is 0 Å². The second-order valence-corrected chi connectivity index (χ2v) is 5.40. The van der Waals surface area contributed by atoms with Crippen molar-refractivity contribution in [3.63, 3.8) is 0 Å². The molecule has 0 fully saturated rings. The van der Waals surface area contributed by atoms with Crippen molar-refractivity contribution in [2.24, 2.45) is 5.73 Å². The number of hydrogen-bond donors (Lipinski definition) is 1. The van der Waals surface area contributed by atoms with E-state index in [0.717, 1.165) is 27.1 Å². The molecule has 5 heteroatoms. The van der Waals surface area contributed by atoms with Crippen LogP contribution < -0.4 is 15.2 Å². The van der Waals surface area contributed by atoms with Crippen LogP contribution in [-0.2, 0) is 6.61 Å². The summed E-state index contributed by atoms with van der Waals surface area (Å²) in [7, 11) is 1.63. The predicted octanol–water partition coefficient (Wildman–Crippen LogP) is 3.67. The minimum absolute atomic E-state index is 0.373. The Kier molecular flexibility index (Phi) is 4.98. The lowest BCUT2D eigenvalue weighted by molar-refractivity contribution is 0.303. The van der Waals surface area contributed by atoms with Crippen LogP contribution in [0.15, 0.2) is 46.9 Å². The van der Waals surface area contributed by atoms with Gasteiger partial charge in [-0.2, -0.15) is 0 Å². The van der Waals surface area contributed by atoms with Crippen molar-refractivity contribution in [3.8, 4) is 11.5 Å². The van der Waals surface area contributed by atoms with Crippen molar-refractivity contribution in [2.75, 3.05) is 7.11 Å². The van der Waals surface area contributed by atoms with Gasteiger partial charge in [0.2, 0.25) is 0 Å². The summed E-state index contributed by atoms with van der Waals surface area (Å²) in [5, 5.41) is 0. The monoisotopic (exact) mass is 351 g/mol. The van der Waals surface area contributed by atoms with Gasteiger partial charge in [0, 0.05) is 5.56 Å². The SMILES string of the molecule is COc1ccc(OCc2ccccc2C(N)=S)c(Br)c1. The fourth-order valence-corrected chi connectivity index (χ4v) is 2.44. The summed E-state index contributed by atoms with van der Waals surface area (Å²) >= 11 is 8.49. The topological polar surface area (TPSA) is 44.5 Å². The van der Waals surface area contributed by atoms with Gasteiger partial charge in [0.05, 0.1) is 11.6 Å². The Labute approximate surface area is 131 Å². The van der Waals surface area contributed by atoms with Crippen molar-refractivity contribution in [3.05, 3.63) is 58.1 Å². The zero-order valence-electron chi connectivity index (χ0n) is 10.9. The number of hydrogen-bond acceptors (Lipinski definition) is 3. The molecule has 2 aromatic carbocycles. The maximum Gasteiger partial charge on any atom is 0.134 e. The van der Waals surface area contributed by atoms with E-state index in [1.807, 2.05) is 42.5 Å². The fourth-order valence-electron chi connectivity index (χ4n) is 1.77. The van der Waals surface area contributed by atoms with Crippen LogP contribution in [0.3, 0.4) is 0 Å². The molecule has 0 aliphatic rings. The number of nitrogens with two attached hydrogens (primary N) is 1. The summed E-state index contributed by atoms with van der Waals surface area (Å²) in [6.45, 7) is 0.401. The van der Waals surface area contributed by atoms with Gasteiger partial charge in [-0.25, -0.2) is 0 Å². The first-order valence-corrected chi connectivity index (χ1v) is 7.16. The lowest BCUT2D eigenvalue weighted by Gasteiger charge is -2.12. The molecule has 0 saturated carbocycles. The number of rotatable bonds is 5. The molecule has 0 unspecified atom stereocenters. The Bertz CT molecular complexity index is 631. The second kappa shape index (κ2) is 6.72. The highest BCUT2D eigenvalue weighted by atomic mass is 79.9. The fraction of sp³-hybridized carbons (Fsp3) is 0.133. The van der Waals surface area contributed by atoms with E-state index in [-0.39, 0.29) is 0 Å². The number of thiocarbonyl (C=S) groups is 1. The molecule has 2 aromatic rings. The van der Waals surface area contributed by atoms with Gasteiger partial charge in [0.1, 0.15) is 23.1 Å². The van der Waals surface area contributed by atoms with Crippen LogP contribution in [0.1, 0.15) is 11.1 Å². The number of benzene rings is 2. The van der Waals surface area contributed by atoms with E-state index in [0.29, 0.717) is 11.6 Å². The van der Waals surface area contributed by atoms with Crippen LogP contribution in [0, 0.1) is 0 Å². The van der Waals surface area contributed by atoms with Crippen LogP contribution in [-0.4, -0.2) is 12.1 Å². The maximum absolute atomic E-state index is 5.80. The van der Waals surface area contributed by atoms with Crippen molar-refractivity contribution in [2.45, 2.75) is 6.61 Å². The molecule has 0 heterocycles. The van der Waals surface area contributed by atoms with Gasteiger partial charge in [-0.15, -0.1) is 0 Å². The lowest BCUT2D eigenvalue weighted by Crippen LogP contribution is -2.13. The molecule has 0 radical (unpaired) electrons. The van der Waals surface area contributed by atoms with Crippen LogP contribution in [0.25, 0.3) is 0 Å². The number of ether oxygens (including phenoxy) is 2. The highest BCUT2D eigenvalue weighted by Crippen LogP contribution is 2.29. The van der Waals surface area contributed by atoms with Crippen LogP contribution in [0.2, 0.25) is 0 Å². The summed E-state index contributed by atoms with van der Waals surface area (Å²) in [4.78, 5) is 0.373. The molecule has 0 amide bonds. The molecule has 0 spiro atoms. The summed E-state index contributed by atoms with van der Waals surface area (Å²) in [6.07, 6.45) is 0. The zero-order valence-corrected chi connectivity index (χ0v) is 13.3. The van der Waals surface area contributed by atoms with E-state index in [9.17, 15) is 0 Å². The lowest BCUT2D eigenvalue weighted by atomic mass is 10.1. The summed E-state index contributed by atoms with van der Waals surface area (Å²) in [6, 6.07) is 13.2. The van der Waals surface area contributed by atoms with Crippen LogP contribution in [0.4, 0.5) is 0 Å². The van der Waals surface area contributed by atoms with Gasteiger partial charge < -0.3 is 15.2 Å². The largest absolute Gasteiger partial charge is 0.497 e. The van der Waals surface area contributed by atoms with Gasteiger partial charge in [0.15, 0.2) is 0 Å². The zero-order chi connectivity index (χ0) is 14.5. The van der Waals surface area contributed by atoms with Gasteiger partial charge in [-0.05, 0) is 39.7 Å². The number of halogens is 1. The molecule has 2 N–H and O–H groups in total. The van der Waals surface area contributed by atoms with Gasteiger partial charge in [-0.3, -0.25) is 0 Å². The minimum atomic E-state index is 0.373. The Morgan fingerprint density at radius 1 is 1.25 bits per heavy atom. The molecule has 0 bridgehead atoms. The molecular weight excluding hydrogens is 338 g/mol. The molecule has 3 nitrogen and oxygen atoms in total. The Morgan fingerprint density at radius 3 is 2.65 bits per heavy atom. The van der Waals surface area contributed by atoms with Gasteiger partial charge in [0.25, 0.3) is 0 Å². The van der Waals surface area contributed by atoms with E-state index in [1.54, 1.807) is 7.11 Å². The third-order valence-corrected chi connectivity index (χ3v) is 3.64. The molecule has 0 aliphatic carbocycles. The first kappa shape index (κ1) is 14.8. The van der Waals surface area contributed by atoms with E-state index >= 15 is 0 Å². The highest BCUT2D eigenvalue weighted by molar-refractivity contribution is 9.10. The third-order valence-electron chi connectivity index (χ3n) is 2.81.